The molecule has 3 nitrogen and oxygen atoms in total. The average Bonchev–Trinajstić information content (AvgIpc) is 3.00. The first-order chi connectivity index (χ1) is 10.9. The summed E-state index contributed by atoms with van der Waals surface area (Å²) in [5.74, 6) is 3.47. The largest absolute Gasteiger partial charge is 0.338 e. The van der Waals surface area contributed by atoms with E-state index in [1.165, 1.54) is 30.2 Å². The minimum Gasteiger partial charge on any atom is -0.338 e. The second kappa shape index (κ2) is 6.15. The van der Waals surface area contributed by atoms with Crippen molar-refractivity contribution in [3.8, 4) is 11.4 Å². The van der Waals surface area contributed by atoms with Crippen molar-refractivity contribution in [2.24, 2.45) is 0 Å². The Morgan fingerprint density at radius 1 is 1.00 bits per heavy atom. The molecule has 0 saturated carbocycles. The van der Waals surface area contributed by atoms with Crippen molar-refractivity contribution in [2.75, 3.05) is 24.6 Å². The Morgan fingerprint density at radius 2 is 1.77 bits per heavy atom. The molecule has 1 aliphatic heterocycles. The summed E-state index contributed by atoms with van der Waals surface area (Å²) in [5.41, 5.74) is 4.64. The molecule has 0 amide bonds. The van der Waals surface area contributed by atoms with Gasteiger partial charge in [-0.05, 0) is 17.7 Å². The Balaban J connectivity index is 1.53. The lowest BCUT2D eigenvalue weighted by atomic mass is 10.1. The van der Waals surface area contributed by atoms with Crippen LogP contribution in [0.2, 0.25) is 0 Å². The van der Waals surface area contributed by atoms with Crippen LogP contribution in [-0.2, 0) is 6.54 Å². The van der Waals surface area contributed by atoms with Crippen molar-refractivity contribution < 1.29 is 0 Å². The molecule has 1 fully saturated rings. The number of imidazole rings is 1. The molecule has 3 aromatic rings. The summed E-state index contributed by atoms with van der Waals surface area (Å²) in [6.45, 7) is 3.47. The van der Waals surface area contributed by atoms with Crippen LogP contribution in [0.4, 0.5) is 0 Å². The highest BCUT2D eigenvalue weighted by Gasteiger charge is 2.11. The second-order valence-electron chi connectivity index (χ2n) is 5.69. The van der Waals surface area contributed by atoms with Gasteiger partial charge in [-0.15, -0.1) is 0 Å². The maximum Gasteiger partial charge on any atom is 0.138 e. The van der Waals surface area contributed by atoms with Crippen LogP contribution in [0.25, 0.3) is 22.4 Å². The van der Waals surface area contributed by atoms with Crippen LogP contribution in [0.3, 0.4) is 0 Å². The molecule has 0 spiro atoms. The van der Waals surface area contributed by atoms with E-state index in [9.17, 15) is 0 Å². The lowest BCUT2D eigenvalue weighted by molar-refractivity contribution is 0.294. The lowest BCUT2D eigenvalue weighted by Gasteiger charge is -2.26. The van der Waals surface area contributed by atoms with Crippen LogP contribution in [0, 0.1) is 0 Å². The Hall–Kier alpha value is -1.78. The highest BCUT2D eigenvalue weighted by atomic mass is 32.2. The Morgan fingerprint density at radius 3 is 2.55 bits per heavy atom. The molecule has 2 heterocycles. The number of hydrogen-bond acceptors (Lipinski definition) is 3. The number of fused-ring (bicyclic) bond motifs is 1. The quantitative estimate of drug-likeness (QED) is 0.799. The van der Waals surface area contributed by atoms with Crippen molar-refractivity contribution in [3.63, 3.8) is 0 Å². The number of benzene rings is 2. The van der Waals surface area contributed by atoms with E-state index < -0.39 is 0 Å². The van der Waals surface area contributed by atoms with Gasteiger partial charge in [0.25, 0.3) is 0 Å². The van der Waals surface area contributed by atoms with E-state index in [-0.39, 0.29) is 0 Å². The van der Waals surface area contributed by atoms with Gasteiger partial charge in [-0.3, -0.25) is 4.90 Å². The molecular weight excluding hydrogens is 290 g/mol. The van der Waals surface area contributed by atoms with Crippen molar-refractivity contribution >= 4 is 22.8 Å². The van der Waals surface area contributed by atoms with E-state index in [1.807, 2.05) is 18.2 Å². The zero-order chi connectivity index (χ0) is 14.8. The number of aromatic nitrogens is 2. The van der Waals surface area contributed by atoms with Crippen LogP contribution >= 0.6 is 11.8 Å². The summed E-state index contributed by atoms with van der Waals surface area (Å²) in [5, 5.41) is 0. The molecule has 4 rings (SSSR count). The molecule has 22 heavy (non-hydrogen) atoms. The maximum atomic E-state index is 4.66. The second-order valence-corrected chi connectivity index (χ2v) is 6.91. The third-order valence-corrected chi connectivity index (χ3v) is 5.07. The zero-order valence-electron chi connectivity index (χ0n) is 12.5. The van der Waals surface area contributed by atoms with Gasteiger partial charge in [-0.2, -0.15) is 11.8 Å². The number of para-hydroxylation sites is 2. The van der Waals surface area contributed by atoms with Gasteiger partial charge >= 0.3 is 0 Å². The first kappa shape index (κ1) is 13.9. The molecule has 1 saturated heterocycles. The molecule has 0 radical (unpaired) electrons. The fourth-order valence-corrected chi connectivity index (χ4v) is 3.85. The van der Waals surface area contributed by atoms with Crippen molar-refractivity contribution in [1.29, 1.82) is 0 Å². The first-order valence-corrected chi connectivity index (χ1v) is 8.88. The van der Waals surface area contributed by atoms with Crippen LogP contribution in [0.15, 0.2) is 48.5 Å². The van der Waals surface area contributed by atoms with E-state index in [4.69, 9.17) is 0 Å². The molecule has 4 heteroatoms. The summed E-state index contributed by atoms with van der Waals surface area (Å²) in [7, 11) is 0. The number of aromatic amines is 1. The molecule has 0 bridgehead atoms. The number of hydrogen-bond donors (Lipinski definition) is 1. The standard InChI is InChI=1S/C18H19N3S/c1-2-4-17-16(3-1)19-18(20-17)15-7-5-14(6-8-15)13-21-9-11-22-12-10-21/h1-8H,9-13H2,(H,19,20). The lowest BCUT2D eigenvalue weighted by Crippen LogP contribution is -2.31. The highest BCUT2D eigenvalue weighted by molar-refractivity contribution is 7.99. The molecule has 1 aromatic heterocycles. The summed E-state index contributed by atoms with van der Waals surface area (Å²) in [6.07, 6.45) is 0. The Kier molecular flexibility index (Phi) is 3.87. The van der Waals surface area contributed by atoms with Gasteiger partial charge in [-0.1, -0.05) is 36.4 Å². The molecule has 1 N–H and O–H groups in total. The summed E-state index contributed by atoms with van der Waals surface area (Å²) >= 11 is 2.06. The van der Waals surface area contributed by atoms with Crippen LogP contribution in [0.5, 0.6) is 0 Å². The minimum atomic E-state index is 0.946. The molecule has 0 unspecified atom stereocenters. The minimum absolute atomic E-state index is 0.946. The molecule has 0 aliphatic carbocycles. The molecule has 0 atom stereocenters. The summed E-state index contributed by atoms with van der Waals surface area (Å²) < 4.78 is 0. The third kappa shape index (κ3) is 2.89. The molecule has 112 valence electrons. The topological polar surface area (TPSA) is 31.9 Å². The summed E-state index contributed by atoms with van der Waals surface area (Å²) in [6, 6.07) is 17.0. The van der Waals surface area contributed by atoms with Gasteiger partial charge in [0.1, 0.15) is 5.82 Å². The van der Waals surface area contributed by atoms with E-state index in [0.717, 1.165) is 29.0 Å². The van der Waals surface area contributed by atoms with Crippen LogP contribution < -0.4 is 0 Å². The maximum absolute atomic E-state index is 4.66. The van der Waals surface area contributed by atoms with Crippen molar-refractivity contribution in [1.82, 2.24) is 14.9 Å². The molecular formula is C18H19N3S. The van der Waals surface area contributed by atoms with Crippen molar-refractivity contribution in [2.45, 2.75) is 6.54 Å². The predicted octanol–water partition coefficient (Wildman–Crippen LogP) is 3.78. The van der Waals surface area contributed by atoms with Gasteiger partial charge in [0.05, 0.1) is 11.0 Å². The number of nitrogens with zero attached hydrogens (tertiary/aromatic N) is 2. The monoisotopic (exact) mass is 309 g/mol. The molecule has 1 aliphatic rings. The van der Waals surface area contributed by atoms with Crippen molar-refractivity contribution in [3.05, 3.63) is 54.1 Å². The SMILES string of the molecule is c1ccc2[nH]c(-c3ccc(CN4CCSCC4)cc3)nc2c1. The fourth-order valence-electron chi connectivity index (χ4n) is 2.88. The Bertz CT molecular complexity index is 724. The van der Waals surface area contributed by atoms with Gasteiger partial charge in [0.2, 0.25) is 0 Å². The van der Waals surface area contributed by atoms with Gasteiger partial charge < -0.3 is 4.98 Å². The predicted molar refractivity (Wildman–Crippen MR) is 94.1 cm³/mol. The summed E-state index contributed by atoms with van der Waals surface area (Å²) in [4.78, 5) is 10.6. The van der Waals surface area contributed by atoms with Crippen LogP contribution in [0.1, 0.15) is 5.56 Å². The third-order valence-electron chi connectivity index (χ3n) is 4.13. The zero-order valence-corrected chi connectivity index (χ0v) is 13.3. The number of nitrogens with one attached hydrogen (secondary N) is 1. The first-order valence-electron chi connectivity index (χ1n) is 7.73. The van der Waals surface area contributed by atoms with E-state index in [2.05, 4.69) is 57.0 Å². The molecule has 2 aromatic carbocycles. The Labute approximate surface area is 134 Å². The smallest absolute Gasteiger partial charge is 0.138 e. The normalized spacial score (nSPS) is 16.2. The van der Waals surface area contributed by atoms with E-state index in [0.29, 0.717) is 0 Å². The van der Waals surface area contributed by atoms with Gasteiger partial charge in [0, 0.05) is 36.7 Å². The fraction of sp³-hybridized carbons (Fsp3) is 0.278. The van der Waals surface area contributed by atoms with Gasteiger partial charge in [-0.25, -0.2) is 4.98 Å². The number of H-pyrrole nitrogens is 1. The van der Waals surface area contributed by atoms with E-state index in [1.54, 1.807) is 0 Å². The van der Waals surface area contributed by atoms with E-state index >= 15 is 0 Å². The highest BCUT2D eigenvalue weighted by Crippen LogP contribution is 2.21. The van der Waals surface area contributed by atoms with Gasteiger partial charge in [0.15, 0.2) is 0 Å². The number of rotatable bonds is 3. The number of thioether (sulfide) groups is 1. The average molecular weight is 309 g/mol. The van der Waals surface area contributed by atoms with Crippen LogP contribution in [-0.4, -0.2) is 39.5 Å².